The molecule has 0 amide bonds. The van der Waals surface area contributed by atoms with E-state index in [2.05, 4.69) is 132 Å². The number of rotatable bonds is 19. The molecule has 0 aromatic heterocycles. The molecule has 0 unspecified atom stereocenters. The van der Waals surface area contributed by atoms with Gasteiger partial charge in [0.1, 0.15) is 0 Å². The summed E-state index contributed by atoms with van der Waals surface area (Å²) >= 11 is 0. The highest BCUT2D eigenvalue weighted by atomic mass is 16.3. The summed E-state index contributed by atoms with van der Waals surface area (Å²) < 4.78 is 0. The molecule has 1 N–H and O–H groups in total. The van der Waals surface area contributed by atoms with E-state index in [0.29, 0.717) is 5.41 Å². The Balaban J connectivity index is 0.000000389. The Labute approximate surface area is 373 Å². The van der Waals surface area contributed by atoms with Crippen molar-refractivity contribution in [2.75, 3.05) is 0 Å². The standard InChI is InChI=1S/C15H32.C14H30O.2C13H10.2C2H6/c1-5-6-7-8-9-10-11-12-13-14-15(2,3)4;1-4-5-6-7-8-9-10-11-12-13-14(2,3)15;2*1-3-7-12-10(5-1)9-11-6-2-4-8-13(11)12;2*1-2/h5-14H2,1-4H3;15H,4-13H2,1-3H3;2*1-8H,9H2;2*1-2H3. The highest BCUT2D eigenvalue weighted by Crippen LogP contribution is 2.36. The van der Waals surface area contributed by atoms with Crippen molar-refractivity contribution in [2.45, 2.75) is 223 Å². The van der Waals surface area contributed by atoms with Gasteiger partial charge >= 0.3 is 0 Å². The van der Waals surface area contributed by atoms with Crippen LogP contribution in [0.25, 0.3) is 22.3 Å². The summed E-state index contributed by atoms with van der Waals surface area (Å²) in [5.41, 5.74) is 11.6. The van der Waals surface area contributed by atoms with Gasteiger partial charge in [-0.1, -0.05) is 275 Å². The Morgan fingerprint density at radius 3 is 0.833 bits per heavy atom. The minimum Gasteiger partial charge on any atom is -0.390 e. The van der Waals surface area contributed by atoms with Gasteiger partial charge in [0.05, 0.1) is 5.60 Å². The summed E-state index contributed by atoms with van der Waals surface area (Å²) in [4.78, 5) is 0. The topological polar surface area (TPSA) is 20.2 Å². The van der Waals surface area contributed by atoms with Crippen molar-refractivity contribution in [3.05, 3.63) is 119 Å². The van der Waals surface area contributed by atoms with Crippen molar-refractivity contribution < 1.29 is 5.11 Å². The van der Waals surface area contributed by atoms with Gasteiger partial charge in [0.2, 0.25) is 0 Å². The molecule has 60 heavy (non-hydrogen) atoms. The van der Waals surface area contributed by atoms with Crippen LogP contribution in [0.5, 0.6) is 0 Å². The summed E-state index contributed by atoms with van der Waals surface area (Å²) in [6.45, 7) is 23.4. The molecule has 0 spiro atoms. The van der Waals surface area contributed by atoms with E-state index in [9.17, 15) is 5.11 Å². The number of benzene rings is 4. The second-order valence-electron chi connectivity index (χ2n) is 18.5. The molecule has 1 nitrogen and oxygen atoms in total. The second-order valence-corrected chi connectivity index (χ2v) is 18.5. The Morgan fingerprint density at radius 2 is 0.583 bits per heavy atom. The zero-order valence-corrected chi connectivity index (χ0v) is 41.2. The van der Waals surface area contributed by atoms with Crippen molar-refractivity contribution in [1.82, 2.24) is 0 Å². The highest BCUT2D eigenvalue weighted by Gasteiger charge is 2.17. The van der Waals surface area contributed by atoms with Gasteiger partial charge in [-0.2, -0.15) is 0 Å². The predicted octanol–water partition coefficient (Wildman–Crippen LogP) is 19.2. The molecule has 1 heteroatoms. The van der Waals surface area contributed by atoms with Crippen LogP contribution >= 0.6 is 0 Å². The Morgan fingerprint density at radius 1 is 0.350 bits per heavy atom. The van der Waals surface area contributed by atoms with Crippen LogP contribution in [0.3, 0.4) is 0 Å². The van der Waals surface area contributed by atoms with Crippen molar-refractivity contribution in [3.8, 4) is 22.3 Å². The third-order valence-electron chi connectivity index (χ3n) is 11.3. The maximum atomic E-state index is 9.52. The molecule has 0 saturated heterocycles. The summed E-state index contributed by atoms with van der Waals surface area (Å²) in [6.07, 6.45) is 29.7. The molecule has 4 aromatic rings. The SMILES string of the molecule is CC.CC.CCCCCCCCCCCC(C)(C)C.CCCCCCCCCCCC(C)(C)O.c1ccc2c(c1)Cc1ccccc1-2.c1ccc2c(c1)Cc1ccccc1-2. The largest absolute Gasteiger partial charge is 0.390 e. The van der Waals surface area contributed by atoms with Crippen LogP contribution in [0, 0.1) is 5.41 Å². The zero-order valence-electron chi connectivity index (χ0n) is 41.2. The van der Waals surface area contributed by atoms with Gasteiger partial charge in [-0.3, -0.25) is 0 Å². The molecule has 0 fully saturated rings. The lowest BCUT2D eigenvalue weighted by atomic mass is 9.89. The molecule has 336 valence electrons. The number of hydrogen-bond acceptors (Lipinski definition) is 1. The monoisotopic (exact) mass is 819 g/mol. The fourth-order valence-electron chi connectivity index (χ4n) is 7.99. The van der Waals surface area contributed by atoms with E-state index in [1.54, 1.807) is 0 Å². The molecule has 4 aromatic carbocycles. The summed E-state index contributed by atoms with van der Waals surface area (Å²) in [6, 6.07) is 34.6. The third-order valence-corrected chi connectivity index (χ3v) is 11.3. The fraction of sp³-hybridized carbons (Fsp3) is 0.593. The predicted molar refractivity (Wildman–Crippen MR) is 272 cm³/mol. The first kappa shape index (κ1) is 54.9. The van der Waals surface area contributed by atoms with Crippen molar-refractivity contribution >= 4 is 0 Å². The van der Waals surface area contributed by atoms with Crippen LogP contribution in [-0.2, 0) is 12.8 Å². The van der Waals surface area contributed by atoms with E-state index in [1.165, 1.54) is 167 Å². The fourth-order valence-corrected chi connectivity index (χ4v) is 7.99. The highest BCUT2D eigenvalue weighted by molar-refractivity contribution is 5.77. The van der Waals surface area contributed by atoms with Gasteiger partial charge in [0, 0.05) is 0 Å². The molecule has 2 aliphatic carbocycles. The Hall–Kier alpha value is -3.16. The zero-order chi connectivity index (χ0) is 44.5. The van der Waals surface area contributed by atoms with Crippen LogP contribution in [0.15, 0.2) is 97.1 Å². The van der Waals surface area contributed by atoms with E-state index >= 15 is 0 Å². The van der Waals surface area contributed by atoms with Gasteiger partial charge in [-0.15, -0.1) is 0 Å². The molecule has 0 radical (unpaired) electrons. The molecule has 0 heterocycles. The summed E-state index contributed by atoms with van der Waals surface area (Å²) in [5.74, 6) is 0. The van der Waals surface area contributed by atoms with Gasteiger partial charge in [-0.05, 0) is 89.5 Å². The van der Waals surface area contributed by atoms with Crippen LogP contribution in [0.1, 0.15) is 227 Å². The van der Waals surface area contributed by atoms with Gasteiger partial charge in [0.25, 0.3) is 0 Å². The minimum absolute atomic E-state index is 0.457. The smallest absolute Gasteiger partial charge is 0.0591 e. The van der Waals surface area contributed by atoms with Crippen molar-refractivity contribution in [1.29, 1.82) is 0 Å². The number of unbranched alkanes of at least 4 members (excludes halogenated alkanes) is 16. The molecule has 0 aliphatic heterocycles. The molecular formula is C59H94O. The van der Waals surface area contributed by atoms with E-state index in [0.717, 1.165) is 19.3 Å². The van der Waals surface area contributed by atoms with Crippen LogP contribution < -0.4 is 0 Å². The Kier molecular flexibility index (Phi) is 30.6. The van der Waals surface area contributed by atoms with E-state index in [-0.39, 0.29) is 0 Å². The molecule has 2 aliphatic rings. The van der Waals surface area contributed by atoms with Crippen molar-refractivity contribution in [3.63, 3.8) is 0 Å². The number of aliphatic hydroxyl groups is 1. The normalized spacial score (nSPS) is 11.5. The Bertz CT molecular complexity index is 1390. The quantitative estimate of drug-likeness (QED) is 0.0807. The minimum atomic E-state index is -0.457. The molecular weight excluding hydrogens is 725 g/mol. The second kappa shape index (κ2) is 33.5. The maximum absolute atomic E-state index is 9.52. The lowest BCUT2D eigenvalue weighted by Crippen LogP contribution is -2.17. The van der Waals surface area contributed by atoms with Crippen LogP contribution in [0.4, 0.5) is 0 Å². The van der Waals surface area contributed by atoms with Crippen LogP contribution in [-0.4, -0.2) is 10.7 Å². The first-order valence-corrected chi connectivity index (χ1v) is 25.1. The average molecular weight is 819 g/mol. The van der Waals surface area contributed by atoms with E-state index in [1.807, 2.05) is 41.5 Å². The van der Waals surface area contributed by atoms with E-state index in [4.69, 9.17) is 0 Å². The molecule has 0 saturated carbocycles. The lowest BCUT2D eigenvalue weighted by Gasteiger charge is -2.17. The molecule has 0 atom stereocenters. The van der Waals surface area contributed by atoms with Gasteiger partial charge in [-0.25, -0.2) is 0 Å². The molecule has 6 rings (SSSR count). The summed E-state index contributed by atoms with van der Waals surface area (Å²) in [5, 5.41) is 9.52. The first-order chi connectivity index (χ1) is 29.0. The van der Waals surface area contributed by atoms with Gasteiger partial charge < -0.3 is 5.11 Å². The van der Waals surface area contributed by atoms with E-state index < -0.39 is 5.60 Å². The molecule has 0 bridgehead atoms. The summed E-state index contributed by atoms with van der Waals surface area (Å²) in [7, 11) is 0. The average Bonchev–Trinajstić information content (AvgIpc) is 3.83. The van der Waals surface area contributed by atoms with Crippen LogP contribution in [0.2, 0.25) is 0 Å². The van der Waals surface area contributed by atoms with Gasteiger partial charge in [0.15, 0.2) is 0 Å². The third kappa shape index (κ3) is 24.3. The first-order valence-electron chi connectivity index (χ1n) is 25.1. The maximum Gasteiger partial charge on any atom is 0.0591 e. The number of fused-ring (bicyclic) bond motifs is 6. The number of hydrogen-bond donors (Lipinski definition) is 1. The van der Waals surface area contributed by atoms with Crippen molar-refractivity contribution in [2.24, 2.45) is 5.41 Å². The lowest BCUT2D eigenvalue weighted by molar-refractivity contribution is 0.0680.